The van der Waals surface area contributed by atoms with Crippen LogP contribution in [0.2, 0.25) is 6.55 Å². The highest BCUT2D eigenvalue weighted by Crippen LogP contribution is 2.10. The van der Waals surface area contributed by atoms with Crippen LogP contribution in [0.25, 0.3) is 0 Å². The smallest absolute Gasteiger partial charge is 0.118 e. The molecule has 0 aliphatic rings. The SMILES string of the molecule is COc1ccccc1[Si@@H](C)c1c(C)cccc1C. The predicted octanol–water partition coefficient (Wildman–Crippen LogP) is 2.28. The molecule has 94 valence electrons. The van der Waals surface area contributed by atoms with E-state index in [4.69, 9.17) is 4.74 Å². The molecule has 0 bridgehead atoms. The van der Waals surface area contributed by atoms with E-state index in [9.17, 15) is 0 Å². The van der Waals surface area contributed by atoms with Gasteiger partial charge in [-0.15, -0.1) is 0 Å². The molecule has 0 saturated heterocycles. The molecule has 0 aliphatic carbocycles. The molecule has 18 heavy (non-hydrogen) atoms. The van der Waals surface area contributed by atoms with Crippen molar-refractivity contribution in [3.63, 3.8) is 0 Å². The number of aryl methyl sites for hydroxylation is 2. The molecule has 2 aromatic rings. The minimum atomic E-state index is -1.18. The van der Waals surface area contributed by atoms with Crippen molar-refractivity contribution in [2.24, 2.45) is 0 Å². The molecule has 0 heterocycles. The van der Waals surface area contributed by atoms with Crippen LogP contribution in [0.1, 0.15) is 11.1 Å². The second kappa shape index (κ2) is 5.40. The summed E-state index contributed by atoms with van der Waals surface area (Å²) in [6.07, 6.45) is 0. The van der Waals surface area contributed by atoms with Crippen LogP contribution in [0.4, 0.5) is 0 Å². The van der Waals surface area contributed by atoms with Crippen molar-refractivity contribution in [1.82, 2.24) is 0 Å². The fourth-order valence-electron chi connectivity index (χ4n) is 2.69. The van der Waals surface area contributed by atoms with Crippen LogP contribution < -0.4 is 15.1 Å². The number of para-hydroxylation sites is 1. The second-order valence-electron chi connectivity index (χ2n) is 4.77. The Morgan fingerprint density at radius 1 is 0.889 bits per heavy atom. The minimum absolute atomic E-state index is 1.03. The van der Waals surface area contributed by atoms with Gasteiger partial charge in [-0.2, -0.15) is 0 Å². The topological polar surface area (TPSA) is 9.23 Å². The standard InChI is InChI=1S/C16H20OSi/c1-12-8-7-9-13(2)16(12)18(4)15-11-6-5-10-14(15)17-3/h5-11,18H,1-4H3/t18-/m1/s1. The maximum atomic E-state index is 5.50. The molecule has 2 rings (SSSR count). The quantitative estimate of drug-likeness (QED) is 0.766. The van der Waals surface area contributed by atoms with E-state index >= 15 is 0 Å². The summed E-state index contributed by atoms with van der Waals surface area (Å²) in [5, 5.41) is 2.93. The Kier molecular flexibility index (Phi) is 3.87. The summed E-state index contributed by atoms with van der Waals surface area (Å²) in [7, 11) is 0.575. The van der Waals surface area contributed by atoms with E-state index in [1.807, 2.05) is 6.07 Å². The van der Waals surface area contributed by atoms with Gasteiger partial charge in [-0.3, -0.25) is 0 Å². The van der Waals surface area contributed by atoms with Gasteiger partial charge in [0.15, 0.2) is 0 Å². The van der Waals surface area contributed by atoms with Crippen LogP contribution in [0.5, 0.6) is 5.75 Å². The van der Waals surface area contributed by atoms with Gasteiger partial charge >= 0.3 is 0 Å². The maximum Gasteiger partial charge on any atom is 0.118 e. The Bertz CT molecular complexity index is 528. The third kappa shape index (κ3) is 2.34. The zero-order chi connectivity index (χ0) is 13.1. The highest BCUT2D eigenvalue weighted by Gasteiger charge is 2.18. The lowest BCUT2D eigenvalue weighted by molar-refractivity contribution is 0.418. The molecule has 0 N–H and O–H groups in total. The molecular formula is C16H20OSi. The van der Waals surface area contributed by atoms with E-state index < -0.39 is 8.80 Å². The third-order valence-electron chi connectivity index (χ3n) is 3.58. The molecule has 0 spiro atoms. The van der Waals surface area contributed by atoms with Crippen molar-refractivity contribution in [3.8, 4) is 5.75 Å². The zero-order valence-corrected chi connectivity index (χ0v) is 12.7. The molecule has 0 unspecified atom stereocenters. The summed E-state index contributed by atoms with van der Waals surface area (Å²) in [5.41, 5.74) is 2.81. The van der Waals surface area contributed by atoms with E-state index in [1.165, 1.54) is 16.3 Å². The number of rotatable bonds is 3. The predicted molar refractivity (Wildman–Crippen MR) is 81.2 cm³/mol. The molecule has 0 radical (unpaired) electrons. The lowest BCUT2D eigenvalue weighted by Gasteiger charge is -2.19. The van der Waals surface area contributed by atoms with Gasteiger partial charge in [0.2, 0.25) is 0 Å². The zero-order valence-electron chi connectivity index (χ0n) is 11.5. The van der Waals surface area contributed by atoms with E-state index in [2.05, 4.69) is 56.8 Å². The van der Waals surface area contributed by atoms with E-state index in [0.717, 1.165) is 5.75 Å². The lowest BCUT2D eigenvalue weighted by Crippen LogP contribution is -2.42. The summed E-state index contributed by atoms with van der Waals surface area (Å²) in [6, 6.07) is 15.0. The number of benzene rings is 2. The van der Waals surface area contributed by atoms with Gasteiger partial charge < -0.3 is 4.74 Å². The molecule has 2 heteroatoms. The highest BCUT2D eigenvalue weighted by atomic mass is 28.3. The Morgan fingerprint density at radius 2 is 1.50 bits per heavy atom. The Balaban J connectivity index is 2.51. The van der Waals surface area contributed by atoms with Crippen molar-refractivity contribution in [1.29, 1.82) is 0 Å². The van der Waals surface area contributed by atoms with Gasteiger partial charge in [0, 0.05) is 0 Å². The van der Waals surface area contributed by atoms with E-state index in [-0.39, 0.29) is 0 Å². The number of ether oxygens (including phenoxy) is 1. The summed E-state index contributed by atoms with van der Waals surface area (Å²) >= 11 is 0. The van der Waals surface area contributed by atoms with Gasteiger partial charge in [0.25, 0.3) is 0 Å². The number of methoxy groups -OCH3 is 1. The van der Waals surface area contributed by atoms with Crippen molar-refractivity contribution in [2.75, 3.05) is 7.11 Å². The number of hydrogen-bond acceptors (Lipinski definition) is 1. The molecule has 0 saturated carbocycles. The summed E-state index contributed by atoms with van der Waals surface area (Å²) in [5.74, 6) is 1.03. The largest absolute Gasteiger partial charge is 0.497 e. The van der Waals surface area contributed by atoms with Gasteiger partial charge in [-0.05, 0) is 25.1 Å². The maximum absolute atomic E-state index is 5.50. The molecule has 1 atom stereocenters. The van der Waals surface area contributed by atoms with Crippen LogP contribution in [0.3, 0.4) is 0 Å². The molecule has 0 aliphatic heterocycles. The second-order valence-corrected chi connectivity index (χ2v) is 7.41. The van der Waals surface area contributed by atoms with Crippen LogP contribution in [-0.2, 0) is 0 Å². The van der Waals surface area contributed by atoms with Crippen molar-refractivity contribution in [2.45, 2.75) is 20.4 Å². The van der Waals surface area contributed by atoms with Crippen molar-refractivity contribution in [3.05, 3.63) is 53.6 Å². The molecule has 0 aromatic heterocycles. The Hall–Kier alpha value is -1.54. The first kappa shape index (κ1) is 12.9. The van der Waals surface area contributed by atoms with Crippen LogP contribution >= 0.6 is 0 Å². The van der Waals surface area contributed by atoms with Gasteiger partial charge in [-0.1, -0.05) is 59.3 Å². The average molecular weight is 256 g/mol. The van der Waals surface area contributed by atoms with Crippen molar-refractivity contribution >= 4 is 19.2 Å². The fraction of sp³-hybridized carbons (Fsp3) is 0.250. The third-order valence-corrected chi connectivity index (χ3v) is 6.77. The Labute approximate surface area is 111 Å². The van der Waals surface area contributed by atoms with Crippen molar-refractivity contribution < 1.29 is 4.74 Å². The first-order valence-electron chi connectivity index (χ1n) is 6.34. The molecule has 1 nitrogen and oxygen atoms in total. The van der Waals surface area contributed by atoms with Gasteiger partial charge in [0.1, 0.15) is 14.5 Å². The molecule has 2 aromatic carbocycles. The number of hydrogen-bond donors (Lipinski definition) is 0. The van der Waals surface area contributed by atoms with Crippen LogP contribution in [0, 0.1) is 13.8 Å². The average Bonchev–Trinajstić information content (AvgIpc) is 2.38. The Morgan fingerprint density at radius 3 is 2.11 bits per heavy atom. The molecular weight excluding hydrogens is 236 g/mol. The van der Waals surface area contributed by atoms with Gasteiger partial charge in [0.05, 0.1) is 7.11 Å². The fourth-order valence-corrected chi connectivity index (χ4v) is 5.60. The van der Waals surface area contributed by atoms with E-state index in [0.29, 0.717) is 0 Å². The summed E-state index contributed by atoms with van der Waals surface area (Å²) in [6.45, 7) is 6.80. The monoisotopic (exact) mass is 256 g/mol. The minimum Gasteiger partial charge on any atom is -0.497 e. The first-order chi connectivity index (χ1) is 8.65. The van der Waals surface area contributed by atoms with Gasteiger partial charge in [-0.25, -0.2) is 0 Å². The van der Waals surface area contributed by atoms with E-state index in [1.54, 1.807) is 12.3 Å². The molecule has 0 amide bonds. The normalized spacial score (nSPS) is 12.2. The lowest BCUT2D eigenvalue weighted by atomic mass is 10.2. The summed E-state index contributed by atoms with van der Waals surface area (Å²) < 4.78 is 5.50. The summed E-state index contributed by atoms with van der Waals surface area (Å²) in [4.78, 5) is 0. The van der Waals surface area contributed by atoms with Crippen LogP contribution in [0.15, 0.2) is 42.5 Å². The highest BCUT2D eigenvalue weighted by molar-refractivity contribution is 6.85. The van der Waals surface area contributed by atoms with Crippen LogP contribution in [-0.4, -0.2) is 15.9 Å². The first-order valence-corrected chi connectivity index (χ1v) is 8.65. The molecule has 0 fully saturated rings.